The lowest BCUT2D eigenvalue weighted by molar-refractivity contribution is -0.144. The summed E-state index contributed by atoms with van der Waals surface area (Å²) in [7, 11) is 0. The fraction of sp³-hybridized carbons (Fsp3) is 0.462. The largest absolute Gasteiger partial charge is 0.480 e. The van der Waals surface area contributed by atoms with E-state index in [0.29, 0.717) is 6.42 Å². The van der Waals surface area contributed by atoms with E-state index in [2.05, 4.69) is 5.32 Å². The number of aliphatic carboxylic acids is 1. The molecule has 0 aromatic heterocycles. The smallest absolute Gasteiger partial charge is 0.323 e. The Hall–Kier alpha value is -1.06. The fourth-order valence-electron chi connectivity index (χ4n) is 2.31. The first-order valence-corrected chi connectivity index (χ1v) is 5.75. The lowest BCUT2D eigenvalue weighted by Gasteiger charge is -2.24. The van der Waals surface area contributed by atoms with Crippen molar-refractivity contribution in [3.8, 4) is 0 Å². The molecule has 0 saturated carbocycles. The molecule has 1 heterocycles. The van der Waals surface area contributed by atoms with E-state index in [9.17, 15) is 9.90 Å². The summed E-state index contributed by atoms with van der Waals surface area (Å²) in [4.78, 5) is 11.3. The van der Waals surface area contributed by atoms with Gasteiger partial charge in [-0.25, -0.2) is 0 Å². The Morgan fingerprint density at radius 2 is 2.06 bits per heavy atom. The molecular formula is C13H18ClNO2. The highest BCUT2D eigenvalue weighted by Gasteiger charge is 2.40. The minimum atomic E-state index is -0.707. The molecule has 1 saturated heterocycles. The standard InChI is InChI=1S/C13H17NO2.ClH/c15-12(16)13(8-4-10-14-13)9-7-11-5-2-1-3-6-11;/h1-3,5-6,14H,4,7-10H2,(H,15,16);1H/t13-;/m1./s1. The summed E-state index contributed by atoms with van der Waals surface area (Å²) in [5.41, 5.74) is 0.521. The van der Waals surface area contributed by atoms with E-state index in [1.165, 1.54) is 5.56 Å². The molecule has 1 aromatic carbocycles. The Bertz CT molecular complexity index is 361. The Labute approximate surface area is 108 Å². The maximum atomic E-state index is 11.3. The van der Waals surface area contributed by atoms with Gasteiger partial charge in [-0.05, 0) is 37.8 Å². The second-order valence-electron chi connectivity index (χ2n) is 4.40. The first-order valence-electron chi connectivity index (χ1n) is 5.75. The van der Waals surface area contributed by atoms with Crippen molar-refractivity contribution in [3.63, 3.8) is 0 Å². The Kier molecular flexibility index (Phi) is 4.97. The van der Waals surface area contributed by atoms with Crippen LogP contribution in [-0.2, 0) is 11.2 Å². The highest BCUT2D eigenvalue weighted by atomic mass is 35.5. The van der Waals surface area contributed by atoms with Crippen LogP contribution in [0.25, 0.3) is 0 Å². The molecule has 2 N–H and O–H groups in total. The van der Waals surface area contributed by atoms with E-state index >= 15 is 0 Å². The van der Waals surface area contributed by atoms with E-state index < -0.39 is 11.5 Å². The van der Waals surface area contributed by atoms with Gasteiger partial charge in [0.05, 0.1) is 0 Å². The fourth-order valence-corrected chi connectivity index (χ4v) is 2.31. The van der Waals surface area contributed by atoms with Gasteiger partial charge < -0.3 is 10.4 Å². The summed E-state index contributed by atoms with van der Waals surface area (Å²) >= 11 is 0. The van der Waals surface area contributed by atoms with Crippen molar-refractivity contribution in [1.29, 1.82) is 0 Å². The van der Waals surface area contributed by atoms with E-state index in [0.717, 1.165) is 25.8 Å². The third-order valence-electron chi connectivity index (χ3n) is 3.34. The summed E-state index contributed by atoms with van der Waals surface area (Å²) in [6.45, 7) is 0.821. The molecular weight excluding hydrogens is 238 g/mol. The molecule has 1 atom stereocenters. The van der Waals surface area contributed by atoms with Crippen LogP contribution in [0, 0.1) is 0 Å². The van der Waals surface area contributed by atoms with Crippen LogP contribution in [0.2, 0.25) is 0 Å². The minimum Gasteiger partial charge on any atom is -0.480 e. The quantitative estimate of drug-likeness (QED) is 0.868. The Morgan fingerprint density at radius 1 is 1.35 bits per heavy atom. The van der Waals surface area contributed by atoms with Crippen LogP contribution in [-0.4, -0.2) is 23.2 Å². The van der Waals surface area contributed by atoms with Gasteiger partial charge in [-0.3, -0.25) is 4.79 Å². The van der Waals surface area contributed by atoms with Gasteiger partial charge in [-0.2, -0.15) is 0 Å². The Balaban J connectivity index is 0.00000144. The normalized spacial score (nSPS) is 23.1. The number of hydrogen-bond donors (Lipinski definition) is 2. The van der Waals surface area contributed by atoms with Crippen LogP contribution in [0.5, 0.6) is 0 Å². The SMILES string of the molecule is Cl.O=C(O)[C@]1(CCc2ccccc2)CCCN1. The summed E-state index contributed by atoms with van der Waals surface area (Å²) in [5, 5.41) is 12.4. The number of aryl methyl sites for hydroxylation is 1. The summed E-state index contributed by atoms with van der Waals surface area (Å²) in [5.74, 6) is -0.707. The molecule has 1 aliphatic heterocycles. The molecule has 0 bridgehead atoms. The number of halogens is 1. The molecule has 0 aliphatic carbocycles. The van der Waals surface area contributed by atoms with Crippen LogP contribution >= 0.6 is 12.4 Å². The van der Waals surface area contributed by atoms with E-state index in [-0.39, 0.29) is 12.4 Å². The van der Waals surface area contributed by atoms with Crippen LogP contribution in [0.15, 0.2) is 30.3 Å². The van der Waals surface area contributed by atoms with E-state index in [1.54, 1.807) is 0 Å². The van der Waals surface area contributed by atoms with Crippen molar-refractivity contribution in [2.24, 2.45) is 0 Å². The number of benzene rings is 1. The first kappa shape index (κ1) is 14.0. The molecule has 1 aliphatic rings. The predicted molar refractivity (Wildman–Crippen MR) is 69.6 cm³/mol. The molecule has 3 nitrogen and oxygen atoms in total. The Morgan fingerprint density at radius 3 is 2.59 bits per heavy atom. The summed E-state index contributed by atoms with van der Waals surface area (Å²) in [6.07, 6.45) is 3.20. The lowest BCUT2D eigenvalue weighted by atomic mass is 9.90. The van der Waals surface area contributed by atoms with E-state index in [1.807, 2.05) is 30.3 Å². The van der Waals surface area contributed by atoms with Crippen molar-refractivity contribution >= 4 is 18.4 Å². The van der Waals surface area contributed by atoms with Crippen molar-refractivity contribution in [3.05, 3.63) is 35.9 Å². The van der Waals surface area contributed by atoms with Crippen molar-refractivity contribution in [1.82, 2.24) is 5.32 Å². The van der Waals surface area contributed by atoms with Gasteiger partial charge in [0, 0.05) is 0 Å². The average Bonchev–Trinajstić information content (AvgIpc) is 2.78. The maximum absolute atomic E-state index is 11.3. The molecule has 94 valence electrons. The van der Waals surface area contributed by atoms with E-state index in [4.69, 9.17) is 0 Å². The zero-order chi connectivity index (χ0) is 11.4. The topological polar surface area (TPSA) is 49.3 Å². The molecule has 0 unspecified atom stereocenters. The van der Waals surface area contributed by atoms with Gasteiger partial charge in [0.2, 0.25) is 0 Å². The molecule has 4 heteroatoms. The molecule has 2 rings (SSSR count). The van der Waals surface area contributed by atoms with Gasteiger partial charge in [0.25, 0.3) is 0 Å². The molecule has 0 amide bonds. The third-order valence-corrected chi connectivity index (χ3v) is 3.34. The third kappa shape index (κ3) is 3.20. The molecule has 0 radical (unpaired) electrons. The summed E-state index contributed by atoms with van der Waals surface area (Å²) in [6, 6.07) is 10.1. The maximum Gasteiger partial charge on any atom is 0.323 e. The van der Waals surface area contributed by atoms with Crippen molar-refractivity contribution in [2.75, 3.05) is 6.54 Å². The lowest BCUT2D eigenvalue weighted by Crippen LogP contribution is -2.47. The van der Waals surface area contributed by atoms with Gasteiger partial charge in [-0.1, -0.05) is 30.3 Å². The zero-order valence-electron chi connectivity index (χ0n) is 9.69. The second-order valence-corrected chi connectivity index (χ2v) is 4.40. The van der Waals surface area contributed by atoms with Crippen LogP contribution in [0.4, 0.5) is 0 Å². The number of hydrogen-bond acceptors (Lipinski definition) is 2. The van der Waals surface area contributed by atoms with Crippen molar-refractivity contribution < 1.29 is 9.90 Å². The molecule has 17 heavy (non-hydrogen) atoms. The van der Waals surface area contributed by atoms with Crippen LogP contribution in [0.3, 0.4) is 0 Å². The number of rotatable bonds is 4. The average molecular weight is 256 g/mol. The van der Waals surface area contributed by atoms with Gasteiger partial charge in [0.1, 0.15) is 5.54 Å². The molecule has 1 fully saturated rings. The zero-order valence-corrected chi connectivity index (χ0v) is 10.5. The number of carboxylic acids is 1. The summed E-state index contributed by atoms with van der Waals surface area (Å²) < 4.78 is 0. The predicted octanol–water partition coefficient (Wildman–Crippen LogP) is 2.25. The highest BCUT2D eigenvalue weighted by molar-refractivity contribution is 5.85. The first-order chi connectivity index (χ1) is 7.73. The van der Waals surface area contributed by atoms with Gasteiger partial charge in [0.15, 0.2) is 0 Å². The van der Waals surface area contributed by atoms with Crippen LogP contribution < -0.4 is 5.32 Å². The molecule has 0 spiro atoms. The highest BCUT2D eigenvalue weighted by Crippen LogP contribution is 2.25. The minimum absolute atomic E-state index is 0. The van der Waals surface area contributed by atoms with Gasteiger partial charge >= 0.3 is 5.97 Å². The number of carbonyl (C=O) groups is 1. The van der Waals surface area contributed by atoms with Crippen LogP contribution in [0.1, 0.15) is 24.8 Å². The monoisotopic (exact) mass is 255 g/mol. The second kappa shape index (κ2) is 6.03. The van der Waals surface area contributed by atoms with Crippen molar-refractivity contribution in [2.45, 2.75) is 31.2 Å². The molecule has 1 aromatic rings. The van der Waals surface area contributed by atoms with Gasteiger partial charge in [-0.15, -0.1) is 12.4 Å². The number of carboxylic acid groups (broad SMARTS) is 1. The number of nitrogens with one attached hydrogen (secondary N) is 1.